The van der Waals surface area contributed by atoms with Crippen molar-refractivity contribution in [2.75, 3.05) is 24.8 Å². The number of nitrogens with one attached hydrogen (secondary N) is 4. The van der Waals surface area contributed by atoms with Gasteiger partial charge in [0.2, 0.25) is 11.9 Å². The highest BCUT2D eigenvalue weighted by Gasteiger charge is 2.04. The molecule has 9 heteroatoms. The van der Waals surface area contributed by atoms with Crippen molar-refractivity contribution in [1.29, 1.82) is 0 Å². The van der Waals surface area contributed by atoms with E-state index in [1.54, 1.807) is 6.92 Å². The summed E-state index contributed by atoms with van der Waals surface area (Å²) in [6.45, 7) is 3.61. The van der Waals surface area contributed by atoms with Gasteiger partial charge in [-0.2, -0.15) is 4.98 Å². The van der Waals surface area contributed by atoms with Crippen LogP contribution in [0.4, 0.5) is 10.7 Å². The summed E-state index contributed by atoms with van der Waals surface area (Å²) in [7, 11) is 0.529. The van der Waals surface area contributed by atoms with Gasteiger partial charge in [0.1, 0.15) is 0 Å². The Hall–Kier alpha value is -1.95. The number of aromatic amines is 1. The van der Waals surface area contributed by atoms with Crippen LogP contribution < -0.4 is 21.5 Å². The number of rotatable bonds is 5. The van der Waals surface area contributed by atoms with Crippen LogP contribution >= 0.6 is 8.58 Å². The average molecular weight is 285 g/mol. The lowest BCUT2D eigenvalue weighted by atomic mass is 10.4. The Balaban J connectivity index is 2.39. The molecular weight excluding hydrogens is 269 g/mol. The van der Waals surface area contributed by atoms with Crippen LogP contribution in [0.2, 0.25) is 0 Å². The standard InChI is InChI=1S/C10H16N5O3P/c1-6-3-7(16)14-9(13-6)15-10(18)12-5-11-8(17)4-19-2/h3,19H,4-5H2,1-2H3,(H,11,17)(H3,12,13,14,15,16,18). The van der Waals surface area contributed by atoms with Crippen molar-refractivity contribution >= 4 is 26.5 Å². The number of H-pyrrole nitrogens is 1. The van der Waals surface area contributed by atoms with Crippen LogP contribution in [0.15, 0.2) is 10.9 Å². The highest BCUT2D eigenvalue weighted by atomic mass is 31.1. The minimum atomic E-state index is -0.562. The zero-order chi connectivity index (χ0) is 14.3. The minimum Gasteiger partial charge on any atom is -0.338 e. The first-order valence-electron chi connectivity index (χ1n) is 5.55. The van der Waals surface area contributed by atoms with E-state index in [9.17, 15) is 14.4 Å². The summed E-state index contributed by atoms with van der Waals surface area (Å²) in [6.07, 6.45) is 0.441. The summed E-state index contributed by atoms with van der Waals surface area (Å²) in [5, 5.41) is 7.31. The van der Waals surface area contributed by atoms with Crippen molar-refractivity contribution in [2.45, 2.75) is 6.92 Å². The molecule has 1 aromatic heterocycles. The van der Waals surface area contributed by atoms with E-state index in [0.29, 0.717) is 20.4 Å². The Morgan fingerprint density at radius 2 is 2.16 bits per heavy atom. The van der Waals surface area contributed by atoms with E-state index in [0.717, 1.165) is 0 Å². The fourth-order valence-corrected chi connectivity index (χ4v) is 1.68. The molecular formula is C10H16N5O3P. The average Bonchev–Trinajstić information content (AvgIpc) is 2.27. The van der Waals surface area contributed by atoms with E-state index in [1.165, 1.54) is 6.07 Å². The lowest BCUT2D eigenvalue weighted by Gasteiger charge is -2.08. The van der Waals surface area contributed by atoms with Crippen LogP contribution in [0.1, 0.15) is 5.69 Å². The van der Waals surface area contributed by atoms with E-state index in [-0.39, 0.29) is 18.5 Å². The number of hydrogen-bond acceptors (Lipinski definition) is 4. The molecule has 0 radical (unpaired) electrons. The molecule has 0 aliphatic carbocycles. The van der Waals surface area contributed by atoms with Gasteiger partial charge in [-0.25, -0.2) is 4.79 Å². The first-order valence-corrected chi connectivity index (χ1v) is 7.26. The van der Waals surface area contributed by atoms with E-state index in [4.69, 9.17) is 0 Å². The zero-order valence-corrected chi connectivity index (χ0v) is 11.7. The third-order valence-corrected chi connectivity index (χ3v) is 2.66. The molecule has 104 valence electrons. The molecule has 3 amide bonds. The van der Waals surface area contributed by atoms with Gasteiger partial charge < -0.3 is 15.6 Å². The molecule has 0 aliphatic heterocycles. The number of nitrogens with zero attached hydrogens (tertiary/aromatic N) is 1. The van der Waals surface area contributed by atoms with Crippen LogP contribution in [-0.2, 0) is 4.79 Å². The summed E-state index contributed by atoms with van der Waals surface area (Å²) >= 11 is 0. The number of anilines is 1. The predicted molar refractivity (Wildman–Crippen MR) is 73.9 cm³/mol. The van der Waals surface area contributed by atoms with Gasteiger partial charge in [-0.1, -0.05) is 0 Å². The second kappa shape index (κ2) is 7.48. The molecule has 0 bridgehead atoms. The molecule has 4 N–H and O–H groups in total. The first kappa shape index (κ1) is 15.1. The molecule has 0 aromatic carbocycles. The van der Waals surface area contributed by atoms with Gasteiger partial charge in [0, 0.05) is 17.9 Å². The Morgan fingerprint density at radius 3 is 2.79 bits per heavy atom. The number of urea groups is 1. The van der Waals surface area contributed by atoms with Crippen LogP contribution in [0.25, 0.3) is 0 Å². The fraction of sp³-hybridized carbons (Fsp3) is 0.400. The van der Waals surface area contributed by atoms with Crippen molar-refractivity contribution < 1.29 is 9.59 Å². The molecule has 1 rings (SSSR count). The summed E-state index contributed by atoms with van der Waals surface area (Å²) in [5.74, 6) is -0.0629. The maximum atomic E-state index is 11.4. The summed E-state index contributed by atoms with van der Waals surface area (Å²) in [6, 6.07) is 0.752. The zero-order valence-electron chi connectivity index (χ0n) is 10.7. The van der Waals surface area contributed by atoms with Crippen molar-refractivity contribution in [3.63, 3.8) is 0 Å². The van der Waals surface area contributed by atoms with E-state index in [2.05, 4.69) is 25.9 Å². The SMILES string of the molecule is CPCC(=O)NCNC(=O)Nc1nc(=O)cc(C)[nH]1. The third kappa shape index (κ3) is 5.96. The van der Waals surface area contributed by atoms with Crippen molar-refractivity contribution in [1.82, 2.24) is 20.6 Å². The highest BCUT2D eigenvalue weighted by Crippen LogP contribution is 1.98. The number of aromatic nitrogens is 2. The summed E-state index contributed by atoms with van der Waals surface area (Å²) < 4.78 is 0. The number of carbonyl (C=O) groups is 2. The predicted octanol–water partition coefficient (Wildman–Crippen LogP) is -0.418. The largest absolute Gasteiger partial charge is 0.338 e. The van der Waals surface area contributed by atoms with Crippen molar-refractivity contribution in [2.24, 2.45) is 0 Å². The molecule has 1 aromatic rings. The smallest absolute Gasteiger partial charge is 0.322 e. The number of aryl methyl sites for hydroxylation is 1. The quantitative estimate of drug-likeness (QED) is 0.434. The molecule has 0 saturated heterocycles. The van der Waals surface area contributed by atoms with Gasteiger partial charge in [0.05, 0.1) is 6.67 Å². The first-order chi connectivity index (χ1) is 9.01. The van der Waals surface area contributed by atoms with Crippen molar-refractivity contribution in [3.05, 3.63) is 22.1 Å². The van der Waals surface area contributed by atoms with Crippen LogP contribution in [0.3, 0.4) is 0 Å². The van der Waals surface area contributed by atoms with E-state index >= 15 is 0 Å². The molecule has 0 fully saturated rings. The number of hydrogen-bond donors (Lipinski definition) is 4. The van der Waals surface area contributed by atoms with Crippen LogP contribution in [0.5, 0.6) is 0 Å². The van der Waals surface area contributed by atoms with Crippen LogP contribution in [-0.4, -0.2) is 41.4 Å². The highest BCUT2D eigenvalue weighted by molar-refractivity contribution is 7.38. The number of amides is 3. The summed E-state index contributed by atoms with van der Waals surface area (Å²) in [4.78, 5) is 40.0. The monoisotopic (exact) mass is 285 g/mol. The topological polar surface area (TPSA) is 116 Å². The molecule has 0 saturated carbocycles. The van der Waals surface area contributed by atoms with Gasteiger partial charge in [0.15, 0.2) is 0 Å². The van der Waals surface area contributed by atoms with Gasteiger partial charge >= 0.3 is 6.03 Å². The van der Waals surface area contributed by atoms with Gasteiger partial charge in [-0.15, -0.1) is 8.58 Å². The Kier molecular flexibility index (Phi) is 5.95. The maximum Gasteiger partial charge on any atom is 0.322 e. The van der Waals surface area contributed by atoms with Gasteiger partial charge in [-0.3, -0.25) is 14.9 Å². The second-order valence-electron chi connectivity index (χ2n) is 3.69. The number of carbonyl (C=O) groups excluding carboxylic acids is 2. The molecule has 1 atom stereocenters. The Bertz CT molecular complexity index is 516. The Morgan fingerprint density at radius 1 is 1.42 bits per heavy atom. The van der Waals surface area contributed by atoms with Crippen molar-refractivity contribution in [3.8, 4) is 0 Å². The lowest BCUT2D eigenvalue weighted by molar-refractivity contribution is -0.118. The van der Waals surface area contributed by atoms with Gasteiger partial charge in [-0.05, 0) is 13.6 Å². The Labute approximate surface area is 111 Å². The molecule has 1 heterocycles. The fourth-order valence-electron chi connectivity index (χ4n) is 1.24. The van der Waals surface area contributed by atoms with E-state index < -0.39 is 11.6 Å². The molecule has 8 nitrogen and oxygen atoms in total. The lowest BCUT2D eigenvalue weighted by Crippen LogP contribution is -2.40. The van der Waals surface area contributed by atoms with Crippen LogP contribution in [0, 0.1) is 6.92 Å². The second-order valence-corrected chi connectivity index (χ2v) is 4.75. The molecule has 0 aliphatic rings. The molecule has 0 spiro atoms. The van der Waals surface area contributed by atoms with Gasteiger partial charge in [0.25, 0.3) is 5.56 Å². The van der Waals surface area contributed by atoms with E-state index in [1.807, 2.05) is 6.66 Å². The third-order valence-electron chi connectivity index (χ3n) is 1.98. The normalized spacial score (nSPS) is 10.4. The minimum absolute atomic E-state index is 0.0190. The molecule has 1 unspecified atom stereocenters. The maximum absolute atomic E-state index is 11.4. The molecule has 19 heavy (non-hydrogen) atoms. The summed E-state index contributed by atoms with van der Waals surface area (Å²) in [5.41, 5.74) is 0.149.